The molecule has 1 unspecified atom stereocenters. The van der Waals surface area contributed by atoms with Crippen LogP contribution in [0, 0.1) is 0 Å². The summed E-state index contributed by atoms with van der Waals surface area (Å²) >= 11 is 1.92. The Labute approximate surface area is 103 Å². The van der Waals surface area contributed by atoms with Crippen molar-refractivity contribution in [1.82, 2.24) is 0 Å². The van der Waals surface area contributed by atoms with Crippen LogP contribution in [-0.2, 0) is 0 Å². The van der Waals surface area contributed by atoms with E-state index in [-0.39, 0.29) is 0 Å². The molecule has 0 saturated heterocycles. The van der Waals surface area contributed by atoms with Crippen molar-refractivity contribution in [3.63, 3.8) is 0 Å². The molecular formula is C13H21NOS. The highest BCUT2D eigenvalue weighted by atomic mass is 32.2. The van der Waals surface area contributed by atoms with E-state index >= 15 is 0 Å². The van der Waals surface area contributed by atoms with Crippen LogP contribution in [0.15, 0.2) is 30.3 Å². The molecule has 0 aliphatic carbocycles. The lowest BCUT2D eigenvalue weighted by Crippen LogP contribution is -2.21. The maximum atomic E-state index is 5.83. The highest BCUT2D eigenvalue weighted by Crippen LogP contribution is 2.10. The van der Waals surface area contributed by atoms with E-state index in [1.165, 1.54) is 0 Å². The van der Waals surface area contributed by atoms with Gasteiger partial charge in [0.05, 0.1) is 6.61 Å². The smallest absolute Gasteiger partial charge is 0.119 e. The molecule has 0 amide bonds. The average Bonchev–Trinajstić information content (AvgIpc) is 2.34. The third kappa shape index (κ3) is 6.03. The largest absolute Gasteiger partial charge is 0.494 e. The van der Waals surface area contributed by atoms with Gasteiger partial charge in [0.2, 0.25) is 0 Å². The van der Waals surface area contributed by atoms with Crippen LogP contribution in [0.4, 0.5) is 0 Å². The summed E-state index contributed by atoms with van der Waals surface area (Å²) in [6.45, 7) is 2.92. The van der Waals surface area contributed by atoms with Crippen molar-refractivity contribution in [2.24, 2.45) is 5.73 Å². The van der Waals surface area contributed by atoms with Crippen LogP contribution < -0.4 is 10.5 Å². The molecule has 90 valence electrons. The lowest BCUT2D eigenvalue weighted by Gasteiger charge is -2.08. The second kappa shape index (κ2) is 8.48. The summed E-state index contributed by atoms with van der Waals surface area (Å²) in [5.74, 6) is 3.14. The van der Waals surface area contributed by atoms with Gasteiger partial charge >= 0.3 is 0 Å². The summed E-state index contributed by atoms with van der Waals surface area (Å²) in [5.41, 5.74) is 5.83. The molecule has 16 heavy (non-hydrogen) atoms. The van der Waals surface area contributed by atoms with Crippen LogP contribution in [0.1, 0.15) is 19.8 Å². The molecule has 0 spiro atoms. The Bertz CT molecular complexity index is 266. The van der Waals surface area contributed by atoms with Crippen LogP contribution in [0.3, 0.4) is 0 Å². The molecule has 0 aliphatic rings. The Morgan fingerprint density at radius 3 is 2.75 bits per heavy atom. The summed E-state index contributed by atoms with van der Waals surface area (Å²) in [7, 11) is 0. The maximum Gasteiger partial charge on any atom is 0.119 e. The number of benzene rings is 1. The number of para-hydroxylation sites is 1. The molecule has 2 N–H and O–H groups in total. The molecule has 1 rings (SSSR count). The predicted octanol–water partition coefficient (Wildman–Crippen LogP) is 2.93. The fourth-order valence-electron chi connectivity index (χ4n) is 1.22. The molecule has 1 aromatic rings. The van der Waals surface area contributed by atoms with Crippen molar-refractivity contribution in [3.05, 3.63) is 30.3 Å². The molecular weight excluding hydrogens is 218 g/mol. The Morgan fingerprint density at radius 1 is 1.31 bits per heavy atom. The molecule has 2 nitrogen and oxygen atoms in total. The second-order valence-electron chi connectivity index (χ2n) is 3.76. The number of nitrogens with two attached hydrogens (primary N) is 1. The Morgan fingerprint density at radius 2 is 2.06 bits per heavy atom. The van der Waals surface area contributed by atoms with Gasteiger partial charge in [-0.25, -0.2) is 0 Å². The summed E-state index contributed by atoms with van der Waals surface area (Å²) < 4.78 is 5.59. The molecule has 0 aliphatic heterocycles. The number of hydrogen-bond donors (Lipinski definition) is 1. The van der Waals surface area contributed by atoms with E-state index in [9.17, 15) is 0 Å². The fourth-order valence-corrected chi connectivity index (χ4v) is 2.25. The topological polar surface area (TPSA) is 35.2 Å². The Hall–Kier alpha value is -0.670. The van der Waals surface area contributed by atoms with Crippen LogP contribution in [-0.4, -0.2) is 24.2 Å². The molecule has 0 bridgehead atoms. The Balaban J connectivity index is 1.96. The monoisotopic (exact) mass is 239 g/mol. The molecule has 0 heterocycles. The van der Waals surface area contributed by atoms with E-state index in [1.54, 1.807) is 0 Å². The molecule has 0 fully saturated rings. The average molecular weight is 239 g/mol. The standard InChI is InChI=1S/C13H21NOS/c1-2-12(14)11-16-10-6-9-15-13-7-4-3-5-8-13/h3-5,7-8,12H,2,6,9-11,14H2,1H3. The van der Waals surface area contributed by atoms with Gasteiger partial charge < -0.3 is 10.5 Å². The van der Waals surface area contributed by atoms with Gasteiger partial charge in [-0.3, -0.25) is 0 Å². The van der Waals surface area contributed by atoms with Crippen molar-refractivity contribution in [3.8, 4) is 5.75 Å². The van der Waals surface area contributed by atoms with Crippen LogP contribution in [0.2, 0.25) is 0 Å². The Kier molecular flexibility index (Phi) is 7.10. The third-order valence-corrected chi connectivity index (χ3v) is 3.54. The first-order valence-electron chi connectivity index (χ1n) is 5.84. The highest BCUT2D eigenvalue weighted by molar-refractivity contribution is 7.99. The van der Waals surface area contributed by atoms with Gasteiger partial charge in [-0.15, -0.1) is 0 Å². The SMILES string of the molecule is CCC(N)CSCCCOc1ccccc1. The number of hydrogen-bond acceptors (Lipinski definition) is 3. The summed E-state index contributed by atoms with van der Waals surface area (Å²) in [5, 5.41) is 0. The zero-order valence-corrected chi connectivity index (χ0v) is 10.7. The van der Waals surface area contributed by atoms with Gasteiger partial charge in [0.25, 0.3) is 0 Å². The van der Waals surface area contributed by atoms with Crippen LogP contribution in [0.5, 0.6) is 5.75 Å². The van der Waals surface area contributed by atoms with E-state index in [2.05, 4.69) is 6.92 Å². The van der Waals surface area contributed by atoms with Gasteiger partial charge in [-0.1, -0.05) is 25.1 Å². The van der Waals surface area contributed by atoms with Crippen molar-refractivity contribution in [2.75, 3.05) is 18.1 Å². The van der Waals surface area contributed by atoms with Crippen LogP contribution in [0.25, 0.3) is 0 Å². The van der Waals surface area contributed by atoms with E-state index in [1.807, 2.05) is 42.1 Å². The van der Waals surface area contributed by atoms with Crippen molar-refractivity contribution >= 4 is 11.8 Å². The van der Waals surface area contributed by atoms with Crippen molar-refractivity contribution in [1.29, 1.82) is 0 Å². The van der Waals surface area contributed by atoms with Gasteiger partial charge in [-0.2, -0.15) is 11.8 Å². The van der Waals surface area contributed by atoms with Crippen LogP contribution >= 0.6 is 11.8 Å². The summed E-state index contributed by atoms with van der Waals surface area (Å²) in [4.78, 5) is 0. The minimum atomic E-state index is 0.347. The lowest BCUT2D eigenvalue weighted by atomic mass is 10.3. The molecule has 0 aromatic heterocycles. The summed E-state index contributed by atoms with van der Waals surface area (Å²) in [6.07, 6.45) is 2.14. The molecule has 0 saturated carbocycles. The first kappa shape index (κ1) is 13.4. The van der Waals surface area contributed by atoms with Crippen molar-refractivity contribution < 1.29 is 4.74 Å². The third-order valence-electron chi connectivity index (χ3n) is 2.30. The number of thioether (sulfide) groups is 1. The van der Waals surface area contributed by atoms with Crippen molar-refractivity contribution in [2.45, 2.75) is 25.8 Å². The van der Waals surface area contributed by atoms with Gasteiger partial charge in [-0.05, 0) is 30.7 Å². The van der Waals surface area contributed by atoms with E-state index in [0.29, 0.717) is 6.04 Å². The van der Waals surface area contributed by atoms with E-state index in [4.69, 9.17) is 10.5 Å². The first-order valence-corrected chi connectivity index (χ1v) is 6.99. The molecule has 1 aromatic carbocycles. The minimum absolute atomic E-state index is 0.347. The number of rotatable bonds is 8. The van der Waals surface area contributed by atoms with Gasteiger partial charge in [0.15, 0.2) is 0 Å². The summed E-state index contributed by atoms with van der Waals surface area (Å²) in [6, 6.07) is 10.3. The maximum absolute atomic E-state index is 5.83. The number of ether oxygens (including phenoxy) is 1. The second-order valence-corrected chi connectivity index (χ2v) is 4.91. The normalized spacial score (nSPS) is 12.4. The molecule has 0 radical (unpaired) electrons. The van der Waals surface area contributed by atoms with E-state index in [0.717, 1.165) is 36.7 Å². The van der Waals surface area contributed by atoms with Gasteiger partial charge in [0.1, 0.15) is 5.75 Å². The molecule has 3 heteroatoms. The minimum Gasteiger partial charge on any atom is -0.494 e. The fraction of sp³-hybridized carbons (Fsp3) is 0.538. The van der Waals surface area contributed by atoms with E-state index < -0.39 is 0 Å². The van der Waals surface area contributed by atoms with Gasteiger partial charge in [0, 0.05) is 11.8 Å². The quantitative estimate of drug-likeness (QED) is 0.708. The lowest BCUT2D eigenvalue weighted by molar-refractivity contribution is 0.318. The predicted molar refractivity (Wildman–Crippen MR) is 72.1 cm³/mol. The zero-order chi connectivity index (χ0) is 11.6. The zero-order valence-electron chi connectivity index (χ0n) is 9.89. The highest BCUT2D eigenvalue weighted by Gasteiger charge is 1.98. The first-order chi connectivity index (χ1) is 7.83. The molecule has 1 atom stereocenters.